The lowest BCUT2D eigenvalue weighted by Gasteiger charge is -2.53. The molecule has 6 rings (SSSR count). The first-order valence-corrected chi connectivity index (χ1v) is 15.9. The van der Waals surface area contributed by atoms with Gasteiger partial charge in [-0.05, 0) is 75.8 Å². The Bertz CT molecular complexity index is 1300. The van der Waals surface area contributed by atoms with Crippen LogP contribution in [0, 0.1) is 5.92 Å². The lowest BCUT2D eigenvalue weighted by atomic mass is 9.75. The first-order valence-electron chi connectivity index (χ1n) is 14.1. The Morgan fingerprint density at radius 3 is 2.49 bits per heavy atom. The highest BCUT2D eigenvalue weighted by molar-refractivity contribution is 7.51. The molecular weight excluding hydrogens is 487 g/mol. The number of rotatable bonds is 6. The molecule has 2 aliphatic carbocycles. The molecule has 2 saturated heterocycles. The van der Waals surface area contributed by atoms with Crippen molar-refractivity contribution in [2.24, 2.45) is 5.92 Å². The Morgan fingerprint density at radius 2 is 1.76 bits per heavy atom. The molecule has 1 aromatic carbocycles. The molecule has 200 valence electrons. The van der Waals surface area contributed by atoms with E-state index in [4.69, 9.17) is 0 Å². The minimum Gasteiger partial charge on any atom is -0.365 e. The molecular formula is C28H39N4O4P. The van der Waals surface area contributed by atoms with Crippen LogP contribution in [0.25, 0.3) is 11.0 Å². The largest absolute Gasteiger partial charge is 0.365 e. The second kappa shape index (κ2) is 9.96. The van der Waals surface area contributed by atoms with Crippen molar-refractivity contribution in [3.63, 3.8) is 0 Å². The number of nitrogens with zero attached hydrogens (tertiary/aromatic N) is 3. The SMILES string of the molecule is C[C@H]1CC2=C1CCC[C@@H](N1[C@@H]3CCC[C@H]1C[C@@H](n1c(=O)c(NCCP(=O)(O)O)nc4ccccc41)C3)C2. The summed E-state index contributed by atoms with van der Waals surface area (Å²) in [4.78, 5) is 39.6. The zero-order valence-electron chi connectivity index (χ0n) is 21.7. The summed E-state index contributed by atoms with van der Waals surface area (Å²) in [6.45, 7) is 2.39. The summed E-state index contributed by atoms with van der Waals surface area (Å²) in [7, 11) is -4.16. The number of benzene rings is 1. The van der Waals surface area contributed by atoms with Crippen LogP contribution in [0.2, 0.25) is 0 Å². The van der Waals surface area contributed by atoms with Gasteiger partial charge in [0.2, 0.25) is 0 Å². The van der Waals surface area contributed by atoms with Crippen LogP contribution in [-0.4, -0.2) is 55.1 Å². The zero-order valence-corrected chi connectivity index (χ0v) is 22.6. The third-order valence-corrected chi connectivity index (χ3v) is 10.2. The molecule has 1 aromatic heterocycles. The number of para-hydroxylation sites is 2. The van der Waals surface area contributed by atoms with Crippen LogP contribution in [0.4, 0.5) is 5.82 Å². The highest BCUT2D eigenvalue weighted by atomic mass is 31.2. The number of fused-ring (bicyclic) bond motifs is 3. The quantitative estimate of drug-likeness (QED) is 0.366. The average Bonchev–Trinajstić information content (AvgIpc) is 3.01. The molecule has 5 atom stereocenters. The molecule has 3 N–H and O–H groups in total. The zero-order chi connectivity index (χ0) is 25.7. The standard InChI is InChI=1S/C28H39N4O4P/c1-18-14-19-15-20(8-5-9-24(18)19)31-21-6-4-7-22(31)17-23(16-21)32-26-11-3-2-10-25(26)30-27(28(32)33)29-12-13-37(34,35)36/h2-3,10-11,18,20-23H,4-9,12-17H2,1H3,(H,29,30)(H2,34,35,36)/t18-,20+,21-,22+,23+/m0/s1. The van der Waals surface area contributed by atoms with Crippen LogP contribution in [0.15, 0.2) is 40.2 Å². The highest BCUT2D eigenvalue weighted by Crippen LogP contribution is 2.47. The van der Waals surface area contributed by atoms with Gasteiger partial charge in [-0.3, -0.25) is 14.3 Å². The van der Waals surface area contributed by atoms with Crippen LogP contribution in [-0.2, 0) is 4.57 Å². The molecule has 0 radical (unpaired) electrons. The van der Waals surface area contributed by atoms with Gasteiger partial charge >= 0.3 is 7.60 Å². The normalized spacial score (nSPS) is 30.5. The minimum atomic E-state index is -4.16. The third kappa shape index (κ3) is 4.94. The number of allylic oxidation sites excluding steroid dienone is 1. The van der Waals surface area contributed by atoms with Crippen molar-refractivity contribution < 1.29 is 14.4 Å². The number of hydrogen-bond donors (Lipinski definition) is 3. The molecule has 8 nitrogen and oxygen atoms in total. The van der Waals surface area contributed by atoms with E-state index < -0.39 is 7.60 Å². The molecule has 37 heavy (non-hydrogen) atoms. The van der Waals surface area contributed by atoms with E-state index in [0.29, 0.717) is 18.1 Å². The topological polar surface area (TPSA) is 108 Å². The fourth-order valence-corrected chi connectivity index (χ4v) is 8.20. The van der Waals surface area contributed by atoms with Gasteiger partial charge in [-0.2, -0.15) is 0 Å². The van der Waals surface area contributed by atoms with Gasteiger partial charge in [0, 0.05) is 30.7 Å². The summed E-state index contributed by atoms with van der Waals surface area (Å²) >= 11 is 0. The van der Waals surface area contributed by atoms with Crippen molar-refractivity contribution in [3.05, 3.63) is 45.8 Å². The van der Waals surface area contributed by atoms with E-state index in [1.807, 2.05) is 28.8 Å². The van der Waals surface area contributed by atoms with Gasteiger partial charge in [0.1, 0.15) is 0 Å². The maximum absolute atomic E-state index is 13.7. The fraction of sp³-hybridized carbons (Fsp3) is 0.643. The van der Waals surface area contributed by atoms with Crippen LogP contribution in [0.1, 0.15) is 77.2 Å². The Balaban J connectivity index is 1.29. The average molecular weight is 527 g/mol. The molecule has 2 aromatic rings. The molecule has 2 aliphatic heterocycles. The van der Waals surface area contributed by atoms with Crippen molar-refractivity contribution in [2.45, 2.75) is 95.3 Å². The first-order chi connectivity index (χ1) is 17.8. The number of anilines is 1. The van der Waals surface area contributed by atoms with Crippen LogP contribution in [0.3, 0.4) is 0 Å². The van der Waals surface area contributed by atoms with Gasteiger partial charge in [-0.25, -0.2) is 4.98 Å². The predicted octanol–water partition coefficient (Wildman–Crippen LogP) is 4.82. The van der Waals surface area contributed by atoms with Crippen molar-refractivity contribution in [3.8, 4) is 0 Å². The molecule has 9 heteroatoms. The Hall–Kier alpha value is -1.99. The Kier molecular flexibility index (Phi) is 6.81. The molecule has 2 fully saturated rings. The van der Waals surface area contributed by atoms with E-state index in [9.17, 15) is 19.1 Å². The van der Waals surface area contributed by atoms with Gasteiger partial charge in [0.05, 0.1) is 17.2 Å². The van der Waals surface area contributed by atoms with Crippen molar-refractivity contribution in [1.82, 2.24) is 14.5 Å². The fourth-order valence-electron chi connectivity index (χ4n) is 7.80. The monoisotopic (exact) mass is 526 g/mol. The predicted molar refractivity (Wildman–Crippen MR) is 146 cm³/mol. The van der Waals surface area contributed by atoms with Crippen LogP contribution in [0.5, 0.6) is 0 Å². The Labute approximate surface area is 218 Å². The van der Waals surface area contributed by atoms with Crippen molar-refractivity contribution >= 4 is 24.4 Å². The number of hydrogen-bond acceptors (Lipinski definition) is 5. The van der Waals surface area contributed by atoms with E-state index in [-0.39, 0.29) is 30.1 Å². The molecule has 0 amide bonds. The van der Waals surface area contributed by atoms with Crippen LogP contribution < -0.4 is 10.9 Å². The summed E-state index contributed by atoms with van der Waals surface area (Å²) in [5, 5.41) is 2.93. The van der Waals surface area contributed by atoms with Crippen molar-refractivity contribution in [2.75, 3.05) is 18.0 Å². The summed E-state index contributed by atoms with van der Waals surface area (Å²) < 4.78 is 13.3. The minimum absolute atomic E-state index is 0.00664. The van der Waals surface area contributed by atoms with Gasteiger partial charge in [0.25, 0.3) is 5.56 Å². The number of aromatic nitrogens is 2. The highest BCUT2D eigenvalue weighted by Gasteiger charge is 2.44. The summed E-state index contributed by atoms with van der Waals surface area (Å²) in [6.07, 6.45) is 11.6. The van der Waals surface area contributed by atoms with E-state index >= 15 is 0 Å². The van der Waals surface area contributed by atoms with Crippen molar-refractivity contribution in [1.29, 1.82) is 0 Å². The summed E-state index contributed by atoms with van der Waals surface area (Å²) in [5.74, 6) is 0.970. The molecule has 3 heterocycles. The second-order valence-corrected chi connectivity index (χ2v) is 13.5. The molecule has 2 bridgehead atoms. The maximum atomic E-state index is 13.7. The smallest absolute Gasteiger partial charge is 0.327 e. The summed E-state index contributed by atoms with van der Waals surface area (Å²) in [6, 6.07) is 9.46. The van der Waals surface area contributed by atoms with E-state index in [0.717, 1.165) is 29.8 Å². The Morgan fingerprint density at radius 1 is 1.03 bits per heavy atom. The lowest BCUT2D eigenvalue weighted by Crippen LogP contribution is -2.57. The number of nitrogens with one attached hydrogen (secondary N) is 1. The maximum Gasteiger partial charge on any atom is 0.327 e. The second-order valence-electron chi connectivity index (χ2n) is 11.7. The lowest BCUT2D eigenvalue weighted by molar-refractivity contribution is -0.0198. The molecule has 0 spiro atoms. The van der Waals surface area contributed by atoms with E-state index in [1.165, 1.54) is 51.4 Å². The molecule has 0 unspecified atom stereocenters. The van der Waals surface area contributed by atoms with E-state index in [1.54, 1.807) is 11.1 Å². The first kappa shape index (κ1) is 25.3. The molecule has 4 aliphatic rings. The van der Waals surface area contributed by atoms with Gasteiger partial charge in [-0.1, -0.05) is 36.6 Å². The molecule has 0 saturated carbocycles. The van der Waals surface area contributed by atoms with Gasteiger partial charge in [0.15, 0.2) is 5.82 Å². The van der Waals surface area contributed by atoms with E-state index in [2.05, 4.69) is 22.1 Å². The third-order valence-electron chi connectivity index (χ3n) is 9.35. The van der Waals surface area contributed by atoms with Crippen LogP contribution >= 0.6 is 7.60 Å². The van der Waals surface area contributed by atoms with Gasteiger partial charge < -0.3 is 19.7 Å². The number of piperidine rings is 2. The summed E-state index contributed by atoms with van der Waals surface area (Å²) in [5.41, 5.74) is 4.87. The van der Waals surface area contributed by atoms with Gasteiger partial charge in [-0.15, -0.1) is 0 Å².